The highest BCUT2D eigenvalue weighted by Crippen LogP contribution is 2.38. The van der Waals surface area contributed by atoms with Crippen molar-refractivity contribution < 1.29 is 14.1 Å². The van der Waals surface area contributed by atoms with Gasteiger partial charge < -0.3 is 10.4 Å². The molecule has 2 N–H and O–H groups in total. The summed E-state index contributed by atoms with van der Waals surface area (Å²) in [6.07, 6.45) is 0.857. The quantitative estimate of drug-likeness (QED) is 0.722. The lowest BCUT2D eigenvalue weighted by Crippen LogP contribution is -2.30. The fraction of sp³-hybridized carbons (Fsp3) is 0.278. The molecule has 0 saturated carbocycles. The summed E-state index contributed by atoms with van der Waals surface area (Å²) in [4.78, 5) is 11.6. The van der Waals surface area contributed by atoms with Gasteiger partial charge in [0.15, 0.2) is 0 Å². The van der Waals surface area contributed by atoms with Gasteiger partial charge >= 0.3 is 0 Å². The number of hydrogen-bond donors (Lipinski definition) is 2. The fourth-order valence-corrected chi connectivity index (χ4v) is 4.09. The SMILES string of the molecule is O=C(CS(=O)Cc1cccc2c1Cc1ccccc1-2)NCCO. The van der Waals surface area contributed by atoms with E-state index in [1.165, 1.54) is 22.3 Å². The molecule has 1 amide bonds. The van der Waals surface area contributed by atoms with Crippen molar-refractivity contribution in [2.24, 2.45) is 0 Å². The Hall–Kier alpha value is -1.98. The molecule has 0 radical (unpaired) electrons. The van der Waals surface area contributed by atoms with Gasteiger partial charge in [0.05, 0.1) is 6.61 Å². The molecule has 0 bridgehead atoms. The Morgan fingerprint density at radius 3 is 2.74 bits per heavy atom. The first kappa shape index (κ1) is 15.9. The van der Waals surface area contributed by atoms with E-state index in [0.29, 0.717) is 5.75 Å². The summed E-state index contributed by atoms with van der Waals surface area (Å²) in [6.45, 7) is 0.0922. The summed E-state index contributed by atoms with van der Waals surface area (Å²) in [5, 5.41) is 11.2. The molecule has 2 aromatic rings. The number of benzene rings is 2. The van der Waals surface area contributed by atoms with Crippen molar-refractivity contribution >= 4 is 16.7 Å². The number of rotatable bonds is 6. The second kappa shape index (κ2) is 7.06. The van der Waals surface area contributed by atoms with E-state index in [0.717, 1.165) is 12.0 Å². The van der Waals surface area contributed by atoms with E-state index in [-0.39, 0.29) is 24.8 Å². The number of carbonyl (C=O) groups is 1. The van der Waals surface area contributed by atoms with Crippen LogP contribution in [0.5, 0.6) is 0 Å². The van der Waals surface area contributed by atoms with E-state index in [4.69, 9.17) is 5.11 Å². The first-order chi connectivity index (χ1) is 11.2. The average molecular weight is 329 g/mol. The van der Waals surface area contributed by atoms with Gasteiger partial charge in [0.25, 0.3) is 0 Å². The van der Waals surface area contributed by atoms with E-state index in [2.05, 4.69) is 23.5 Å². The Balaban J connectivity index is 1.73. The second-order valence-electron chi connectivity index (χ2n) is 5.58. The summed E-state index contributed by atoms with van der Waals surface area (Å²) in [7, 11) is -1.26. The Morgan fingerprint density at radius 1 is 1.13 bits per heavy atom. The van der Waals surface area contributed by atoms with Crippen molar-refractivity contribution in [2.45, 2.75) is 12.2 Å². The molecule has 120 valence electrons. The van der Waals surface area contributed by atoms with Crippen molar-refractivity contribution in [1.82, 2.24) is 5.32 Å². The van der Waals surface area contributed by atoms with Gasteiger partial charge in [0.1, 0.15) is 5.75 Å². The minimum atomic E-state index is -1.26. The van der Waals surface area contributed by atoms with Crippen LogP contribution in [0.2, 0.25) is 0 Å². The summed E-state index contributed by atoms with van der Waals surface area (Å²) >= 11 is 0. The maximum atomic E-state index is 12.2. The fourth-order valence-electron chi connectivity index (χ4n) is 2.98. The summed E-state index contributed by atoms with van der Waals surface area (Å²) in [5.41, 5.74) is 6.02. The van der Waals surface area contributed by atoms with Crippen LogP contribution in [-0.2, 0) is 27.8 Å². The normalized spacial score (nSPS) is 13.3. The van der Waals surface area contributed by atoms with Crippen LogP contribution in [0.3, 0.4) is 0 Å². The van der Waals surface area contributed by atoms with Gasteiger partial charge in [-0.3, -0.25) is 9.00 Å². The number of carbonyl (C=O) groups excluding carboxylic acids is 1. The molecule has 1 aliphatic carbocycles. The predicted molar refractivity (Wildman–Crippen MR) is 91.5 cm³/mol. The lowest BCUT2D eigenvalue weighted by Gasteiger charge is -2.09. The van der Waals surface area contributed by atoms with Crippen LogP contribution in [-0.4, -0.2) is 34.1 Å². The average Bonchev–Trinajstić information content (AvgIpc) is 2.93. The Morgan fingerprint density at radius 2 is 1.91 bits per heavy atom. The van der Waals surface area contributed by atoms with Crippen LogP contribution in [0.1, 0.15) is 16.7 Å². The summed E-state index contributed by atoms with van der Waals surface area (Å²) < 4.78 is 12.2. The zero-order valence-electron chi connectivity index (χ0n) is 12.7. The molecular formula is C18H19NO3S. The number of aliphatic hydroxyl groups excluding tert-OH is 1. The molecule has 23 heavy (non-hydrogen) atoms. The highest BCUT2D eigenvalue weighted by Gasteiger charge is 2.21. The standard InChI is InChI=1S/C18H19NO3S/c20-9-8-19-18(21)12-23(22)11-14-5-3-7-16-15-6-2-1-4-13(15)10-17(14)16/h1-7,20H,8-12H2,(H,19,21). The van der Waals surface area contributed by atoms with Crippen molar-refractivity contribution in [2.75, 3.05) is 18.9 Å². The molecule has 1 unspecified atom stereocenters. The summed E-state index contributed by atoms with van der Waals surface area (Å²) in [6, 6.07) is 14.4. The monoisotopic (exact) mass is 329 g/mol. The Labute approximate surface area is 138 Å². The Bertz CT molecular complexity index is 758. The molecule has 0 aromatic heterocycles. The van der Waals surface area contributed by atoms with Gasteiger partial charge in [0.2, 0.25) is 5.91 Å². The molecule has 1 aliphatic rings. The first-order valence-electron chi connectivity index (χ1n) is 7.60. The number of amides is 1. The third kappa shape index (κ3) is 3.51. The van der Waals surface area contributed by atoms with Crippen LogP contribution in [0.15, 0.2) is 42.5 Å². The molecular weight excluding hydrogens is 310 g/mol. The van der Waals surface area contributed by atoms with Crippen molar-refractivity contribution in [1.29, 1.82) is 0 Å². The molecule has 3 rings (SSSR count). The maximum Gasteiger partial charge on any atom is 0.232 e. The van der Waals surface area contributed by atoms with E-state index < -0.39 is 10.8 Å². The summed E-state index contributed by atoms with van der Waals surface area (Å²) in [5.74, 6) is 0.0635. The third-order valence-corrected chi connectivity index (χ3v) is 5.21. The second-order valence-corrected chi connectivity index (χ2v) is 7.04. The minimum absolute atomic E-state index is 0.0311. The van der Waals surface area contributed by atoms with Gasteiger partial charge in [-0.05, 0) is 34.2 Å². The molecule has 1 atom stereocenters. The van der Waals surface area contributed by atoms with Crippen LogP contribution in [0.25, 0.3) is 11.1 Å². The van der Waals surface area contributed by atoms with E-state index in [9.17, 15) is 9.00 Å². The predicted octanol–water partition coefficient (Wildman–Crippen LogP) is 1.61. The lowest BCUT2D eigenvalue weighted by atomic mass is 10.0. The molecule has 4 nitrogen and oxygen atoms in total. The minimum Gasteiger partial charge on any atom is -0.395 e. The zero-order chi connectivity index (χ0) is 16.2. The van der Waals surface area contributed by atoms with Crippen molar-refractivity contribution in [3.8, 4) is 11.1 Å². The number of nitrogens with one attached hydrogen (secondary N) is 1. The van der Waals surface area contributed by atoms with Crippen LogP contribution in [0, 0.1) is 0 Å². The van der Waals surface area contributed by atoms with Crippen LogP contribution < -0.4 is 5.32 Å². The molecule has 0 fully saturated rings. The molecule has 0 heterocycles. The largest absolute Gasteiger partial charge is 0.395 e. The smallest absolute Gasteiger partial charge is 0.232 e. The Kier molecular flexibility index (Phi) is 4.88. The van der Waals surface area contributed by atoms with E-state index in [1.54, 1.807) is 0 Å². The van der Waals surface area contributed by atoms with Crippen molar-refractivity contribution in [3.05, 3.63) is 59.2 Å². The van der Waals surface area contributed by atoms with Gasteiger partial charge in [-0.25, -0.2) is 0 Å². The van der Waals surface area contributed by atoms with E-state index in [1.807, 2.05) is 24.3 Å². The number of fused-ring (bicyclic) bond motifs is 3. The van der Waals surface area contributed by atoms with Gasteiger partial charge in [-0.15, -0.1) is 0 Å². The highest BCUT2D eigenvalue weighted by atomic mass is 32.2. The molecule has 2 aromatic carbocycles. The van der Waals surface area contributed by atoms with Crippen molar-refractivity contribution in [3.63, 3.8) is 0 Å². The lowest BCUT2D eigenvalue weighted by molar-refractivity contribution is -0.118. The first-order valence-corrected chi connectivity index (χ1v) is 9.09. The third-order valence-electron chi connectivity index (χ3n) is 3.99. The number of hydrogen-bond acceptors (Lipinski definition) is 3. The molecule has 0 aliphatic heterocycles. The van der Waals surface area contributed by atoms with Crippen LogP contribution in [0.4, 0.5) is 0 Å². The highest BCUT2D eigenvalue weighted by molar-refractivity contribution is 7.84. The molecule has 5 heteroatoms. The molecule has 0 spiro atoms. The van der Waals surface area contributed by atoms with Gasteiger partial charge in [-0.2, -0.15) is 0 Å². The molecule has 0 saturated heterocycles. The topological polar surface area (TPSA) is 66.4 Å². The van der Waals surface area contributed by atoms with Crippen LogP contribution >= 0.6 is 0 Å². The maximum absolute atomic E-state index is 12.2. The van der Waals surface area contributed by atoms with Gasteiger partial charge in [0, 0.05) is 23.1 Å². The zero-order valence-corrected chi connectivity index (χ0v) is 13.6. The van der Waals surface area contributed by atoms with Gasteiger partial charge in [-0.1, -0.05) is 42.5 Å². The number of aliphatic hydroxyl groups is 1. The van der Waals surface area contributed by atoms with E-state index >= 15 is 0 Å².